The summed E-state index contributed by atoms with van der Waals surface area (Å²) in [6.07, 6.45) is 6.23. The van der Waals surface area contributed by atoms with E-state index in [0.717, 1.165) is 58.0 Å². The number of rotatable bonds is 13. The zero-order chi connectivity index (χ0) is 17.7. The van der Waals surface area contributed by atoms with Crippen LogP contribution in [0.25, 0.3) is 0 Å². The first-order valence-electron chi connectivity index (χ1n) is 10.1. The molecule has 2 rings (SSSR count). The van der Waals surface area contributed by atoms with Gasteiger partial charge in [0.15, 0.2) is 0 Å². The molecule has 1 aromatic rings. The molecule has 1 aromatic carbocycles. The van der Waals surface area contributed by atoms with Crippen LogP contribution in [0.2, 0.25) is 0 Å². The summed E-state index contributed by atoms with van der Waals surface area (Å²) < 4.78 is 11.4. The topological polar surface area (TPSA) is 33.7 Å². The average molecular weight is 349 g/mol. The molecule has 1 N–H and O–H groups in total. The second-order valence-electron chi connectivity index (χ2n) is 6.93. The number of nitrogens with zero attached hydrogens (tertiary/aromatic N) is 1. The molecule has 0 bridgehead atoms. The Morgan fingerprint density at radius 1 is 1.12 bits per heavy atom. The fourth-order valence-electron chi connectivity index (χ4n) is 3.25. The molecule has 4 nitrogen and oxygen atoms in total. The minimum absolute atomic E-state index is 0.458. The van der Waals surface area contributed by atoms with Crippen molar-refractivity contribution in [2.24, 2.45) is 0 Å². The van der Waals surface area contributed by atoms with Gasteiger partial charge in [0.05, 0.1) is 12.7 Å². The van der Waals surface area contributed by atoms with E-state index in [1.54, 1.807) is 0 Å². The summed E-state index contributed by atoms with van der Waals surface area (Å²) in [5.41, 5.74) is 1.36. The Balaban J connectivity index is 1.59. The predicted octanol–water partition coefficient (Wildman–Crippen LogP) is 3.50. The summed E-state index contributed by atoms with van der Waals surface area (Å²) in [4.78, 5) is 2.54. The van der Waals surface area contributed by atoms with Crippen molar-refractivity contribution in [1.82, 2.24) is 10.2 Å². The Hall–Kier alpha value is -1.10. The number of ether oxygens (including phenoxy) is 2. The van der Waals surface area contributed by atoms with Gasteiger partial charge in [-0.1, -0.05) is 26.0 Å². The molecule has 0 radical (unpaired) electrons. The molecular formula is C21H36N2O2. The Kier molecular flexibility index (Phi) is 9.93. The van der Waals surface area contributed by atoms with E-state index in [4.69, 9.17) is 9.47 Å². The Morgan fingerprint density at radius 2 is 1.96 bits per heavy atom. The first-order chi connectivity index (χ1) is 12.3. The zero-order valence-corrected chi connectivity index (χ0v) is 16.1. The van der Waals surface area contributed by atoms with Crippen LogP contribution in [0.1, 0.15) is 45.1 Å². The SMILES string of the molecule is CCCOc1ccc(CCNCCN(CCC)CC2CCCO2)cc1. The number of benzene rings is 1. The van der Waals surface area contributed by atoms with Crippen molar-refractivity contribution >= 4 is 0 Å². The number of hydrogen-bond donors (Lipinski definition) is 1. The lowest BCUT2D eigenvalue weighted by molar-refractivity contribution is 0.0734. The van der Waals surface area contributed by atoms with E-state index in [9.17, 15) is 0 Å². The summed E-state index contributed by atoms with van der Waals surface area (Å²) in [6, 6.07) is 8.51. The normalized spacial score (nSPS) is 17.3. The van der Waals surface area contributed by atoms with Crippen LogP contribution in [0.4, 0.5) is 0 Å². The maximum Gasteiger partial charge on any atom is 0.119 e. The molecule has 1 fully saturated rings. The van der Waals surface area contributed by atoms with Gasteiger partial charge >= 0.3 is 0 Å². The van der Waals surface area contributed by atoms with Crippen LogP contribution in [0.15, 0.2) is 24.3 Å². The molecular weight excluding hydrogens is 312 g/mol. The summed E-state index contributed by atoms with van der Waals surface area (Å²) in [6.45, 7) is 11.6. The van der Waals surface area contributed by atoms with Gasteiger partial charge in [0.2, 0.25) is 0 Å². The van der Waals surface area contributed by atoms with Gasteiger partial charge in [0.25, 0.3) is 0 Å². The van der Waals surface area contributed by atoms with E-state index in [2.05, 4.69) is 48.3 Å². The fourth-order valence-corrected chi connectivity index (χ4v) is 3.25. The lowest BCUT2D eigenvalue weighted by Gasteiger charge is -2.24. The van der Waals surface area contributed by atoms with Crippen LogP contribution < -0.4 is 10.1 Å². The summed E-state index contributed by atoms with van der Waals surface area (Å²) in [7, 11) is 0. The first-order valence-corrected chi connectivity index (χ1v) is 10.1. The van der Waals surface area contributed by atoms with E-state index >= 15 is 0 Å². The van der Waals surface area contributed by atoms with Crippen LogP contribution >= 0.6 is 0 Å². The standard InChI is InChI=1S/C21H36N2O2/c1-3-14-23(18-21-6-5-17-25-21)15-13-22-12-11-19-7-9-20(10-8-19)24-16-4-2/h7-10,21-22H,3-6,11-18H2,1-2H3. The molecule has 1 atom stereocenters. The van der Waals surface area contributed by atoms with Gasteiger partial charge in [-0.25, -0.2) is 0 Å². The number of hydrogen-bond acceptors (Lipinski definition) is 4. The molecule has 1 aliphatic heterocycles. The highest BCUT2D eigenvalue weighted by Crippen LogP contribution is 2.14. The maximum absolute atomic E-state index is 5.78. The van der Waals surface area contributed by atoms with Gasteiger partial charge in [-0.05, 0) is 62.9 Å². The first kappa shape index (κ1) is 20.2. The van der Waals surface area contributed by atoms with Gasteiger partial charge in [-0.2, -0.15) is 0 Å². The third-order valence-electron chi connectivity index (χ3n) is 4.62. The molecule has 0 aromatic heterocycles. The van der Waals surface area contributed by atoms with Gasteiger partial charge in [0, 0.05) is 26.2 Å². The molecule has 0 spiro atoms. The van der Waals surface area contributed by atoms with Gasteiger partial charge in [-0.3, -0.25) is 4.90 Å². The van der Waals surface area contributed by atoms with Gasteiger partial charge in [0.1, 0.15) is 5.75 Å². The van der Waals surface area contributed by atoms with Gasteiger partial charge in [-0.15, -0.1) is 0 Å². The Labute approximate surface area is 153 Å². The Morgan fingerprint density at radius 3 is 2.64 bits per heavy atom. The molecule has 25 heavy (non-hydrogen) atoms. The van der Waals surface area contributed by atoms with Crippen molar-refractivity contribution < 1.29 is 9.47 Å². The molecule has 1 unspecified atom stereocenters. The summed E-state index contributed by atoms with van der Waals surface area (Å²) >= 11 is 0. The van der Waals surface area contributed by atoms with Crippen LogP contribution in [0, 0.1) is 0 Å². The van der Waals surface area contributed by atoms with Crippen molar-refractivity contribution in [2.45, 2.75) is 52.1 Å². The monoisotopic (exact) mass is 348 g/mol. The third-order valence-corrected chi connectivity index (χ3v) is 4.62. The molecule has 1 saturated heterocycles. The highest BCUT2D eigenvalue weighted by atomic mass is 16.5. The molecule has 0 amide bonds. The van der Waals surface area contributed by atoms with Crippen LogP contribution in [-0.4, -0.2) is 56.9 Å². The summed E-state index contributed by atoms with van der Waals surface area (Å²) in [5, 5.41) is 3.58. The maximum atomic E-state index is 5.78. The minimum atomic E-state index is 0.458. The molecule has 0 saturated carbocycles. The van der Waals surface area contributed by atoms with E-state index < -0.39 is 0 Å². The van der Waals surface area contributed by atoms with Crippen molar-refractivity contribution in [3.05, 3.63) is 29.8 Å². The lowest BCUT2D eigenvalue weighted by atomic mass is 10.1. The molecule has 1 heterocycles. The van der Waals surface area contributed by atoms with Crippen molar-refractivity contribution in [2.75, 3.05) is 45.9 Å². The van der Waals surface area contributed by atoms with Crippen LogP contribution in [-0.2, 0) is 11.2 Å². The highest BCUT2D eigenvalue weighted by molar-refractivity contribution is 5.27. The molecule has 0 aliphatic carbocycles. The quantitative estimate of drug-likeness (QED) is 0.553. The van der Waals surface area contributed by atoms with E-state index in [1.165, 1.54) is 31.4 Å². The Bertz CT molecular complexity index is 444. The van der Waals surface area contributed by atoms with Gasteiger partial charge < -0.3 is 14.8 Å². The highest BCUT2D eigenvalue weighted by Gasteiger charge is 2.18. The zero-order valence-electron chi connectivity index (χ0n) is 16.1. The smallest absolute Gasteiger partial charge is 0.119 e. The van der Waals surface area contributed by atoms with E-state index in [0.29, 0.717) is 6.10 Å². The molecule has 142 valence electrons. The van der Waals surface area contributed by atoms with Crippen molar-refractivity contribution in [3.63, 3.8) is 0 Å². The minimum Gasteiger partial charge on any atom is -0.494 e. The average Bonchev–Trinajstić information content (AvgIpc) is 3.14. The second kappa shape index (κ2) is 12.3. The predicted molar refractivity (Wildman–Crippen MR) is 105 cm³/mol. The van der Waals surface area contributed by atoms with Crippen molar-refractivity contribution in [3.8, 4) is 5.75 Å². The van der Waals surface area contributed by atoms with Crippen molar-refractivity contribution in [1.29, 1.82) is 0 Å². The second-order valence-corrected chi connectivity index (χ2v) is 6.93. The van der Waals surface area contributed by atoms with E-state index in [-0.39, 0.29) is 0 Å². The number of nitrogens with one attached hydrogen (secondary N) is 1. The largest absolute Gasteiger partial charge is 0.494 e. The van der Waals surface area contributed by atoms with Crippen LogP contribution in [0.5, 0.6) is 5.75 Å². The van der Waals surface area contributed by atoms with Crippen LogP contribution in [0.3, 0.4) is 0 Å². The fraction of sp³-hybridized carbons (Fsp3) is 0.714. The molecule has 1 aliphatic rings. The molecule has 4 heteroatoms. The lowest BCUT2D eigenvalue weighted by Crippen LogP contribution is -2.38. The third kappa shape index (κ3) is 8.21. The summed E-state index contributed by atoms with van der Waals surface area (Å²) in [5.74, 6) is 0.975. The van der Waals surface area contributed by atoms with E-state index in [1.807, 2.05) is 0 Å².